The number of hydrogen-bond donors (Lipinski definition) is 4. The van der Waals surface area contributed by atoms with Crippen LogP contribution in [-0.4, -0.2) is 178 Å². The summed E-state index contributed by atoms with van der Waals surface area (Å²) in [4.78, 5) is 46.7. The van der Waals surface area contributed by atoms with Crippen LogP contribution in [0.25, 0.3) is 0 Å². The van der Waals surface area contributed by atoms with Gasteiger partial charge in [-0.1, -0.05) is 13.0 Å². The minimum Gasteiger partial charge on any atom is -0.490 e. The molecule has 0 fully saturated rings. The number of nitrogens with zero attached hydrogens (tertiary/aromatic N) is 11. The van der Waals surface area contributed by atoms with Crippen molar-refractivity contribution in [3.8, 4) is 23.0 Å². The molecule has 4 N–H and O–H groups in total. The van der Waals surface area contributed by atoms with Gasteiger partial charge in [-0.2, -0.15) is 20.4 Å². The van der Waals surface area contributed by atoms with E-state index in [9.17, 15) is 9.59 Å². The van der Waals surface area contributed by atoms with Gasteiger partial charge in [0.25, 0.3) is 5.91 Å². The number of benzene rings is 2. The Bertz CT molecular complexity index is 3380. The smallest absolute Gasteiger partial charge is 0.253 e. The van der Waals surface area contributed by atoms with E-state index in [-0.39, 0.29) is 5.91 Å². The first-order chi connectivity index (χ1) is 45.5. The molecule has 25 nitrogen and oxygen atoms in total. The van der Waals surface area contributed by atoms with E-state index in [0.717, 1.165) is 48.2 Å². The number of anilines is 3. The Labute approximate surface area is 565 Å². The van der Waals surface area contributed by atoms with Crippen molar-refractivity contribution in [1.29, 1.82) is 0 Å². The number of pyridine rings is 4. The van der Waals surface area contributed by atoms with Gasteiger partial charge in [-0.05, 0) is 115 Å². The van der Waals surface area contributed by atoms with Crippen molar-refractivity contribution in [1.82, 2.24) is 41.6 Å². The van der Waals surface area contributed by atoms with Crippen molar-refractivity contribution in [2.24, 2.45) is 20.4 Å². The zero-order valence-electron chi connectivity index (χ0n) is 51.8. The van der Waals surface area contributed by atoms with E-state index in [2.05, 4.69) is 78.8 Å². The van der Waals surface area contributed by atoms with Crippen LogP contribution in [0.1, 0.15) is 35.3 Å². The molecule has 0 radical (unpaired) electrons. The summed E-state index contributed by atoms with van der Waals surface area (Å²) in [6.45, 7) is 8.86. The number of aryl methyl sites for hydroxylation is 1. The predicted molar refractivity (Wildman–Crippen MR) is 365 cm³/mol. The molecule has 0 spiro atoms. The number of ether oxygens (including phenoxy) is 8. The van der Waals surface area contributed by atoms with Crippen LogP contribution in [0.3, 0.4) is 0 Å². The molecule has 0 saturated heterocycles. The zero-order valence-corrected chi connectivity index (χ0v) is 55.5. The van der Waals surface area contributed by atoms with E-state index in [1.807, 2.05) is 60.7 Å². The lowest BCUT2D eigenvalue weighted by Crippen LogP contribution is -2.37. The molecule has 93 heavy (non-hydrogen) atoms. The van der Waals surface area contributed by atoms with Crippen LogP contribution in [0.5, 0.6) is 23.0 Å². The lowest BCUT2D eigenvalue weighted by atomic mass is 10.1. The summed E-state index contributed by atoms with van der Waals surface area (Å²) in [5.41, 5.74) is 17.7. The van der Waals surface area contributed by atoms with E-state index in [0.29, 0.717) is 159 Å². The highest BCUT2D eigenvalue weighted by atomic mass is 35.5. The highest BCUT2D eigenvalue weighted by Crippen LogP contribution is 2.23. The number of alkyl halides is 4. The number of nitrogens with one attached hydrogen (secondary N) is 4. The Balaban J connectivity index is 0.000000247. The van der Waals surface area contributed by atoms with Gasteiger partial charge in [0.1, 0.15) is 59.0 Å². The van der Waals surface area contributed by atoms with Crippen LogP contribution in [0.2, 0.25) is 0 Å². The molecule has 2 aliphatic rings. The highest BCUT2D eigenvalue weighted by Gasteiger charge is 2.21. The van der Waals surface area contributed by atoms with Gasteiger partial charge in [0.15, 0.2) is 23.3 Å². The van der Waals surface area contributed by atoms with Crippen LogP contribution in [-0.2, 0) is 35.0 Å². The van der Waals surface area contributed by atoms with Crippen molar-refractivity contribution in [3.63, 3.8) is 0 Å². The van der Waals surface area contributed by atoms with Gasteiger partial charge < -0.3 is 52.6 Å². The first kappa shape index (κ1) is 73.7. The Hall–Kier alpha value is -8.37. The number of hydrazone groups is 4. The Morgan fingerprint density at radius 3 is 1.33 bits per heavy atom. The first-order valence-electron chi connectivity index (χ1n) is 29.2. The summed E-state index contributed by atoms with van der Waals surface area (Å²) in [6, 6.07) is 29.5. The third-order valence-electron chi connectivity index (χ3n) is 12.7. The van der Waals surface area contributed by atoms with Gasteiger partial charge in [0.05, 0.1) is 70.2 Å². The number of methoxy groups -OCH3 is 2. The number of halogens is 5. The second kappa shape index (κ2) is 42.7. The molecule has 4 aromatic heterocycles. The van der Waals surface area contributed by atoms with Crippen molar-refractivity contribution in [2.45, 2.75) is 13.3 Å². The monoisotopic (exact) mass is 1380 g/mol. The molecule has 8 rings (SSSR count). The van der Waals surface area contributed by atoms with Crippen LogP contribution >= 0.6 is 58.0 Å². The normalized spacial score (nSPS) is 12.4. The topological polar surface area (TPSA) is 267 Å². The van der Waals surface area contributed by atoms with Crippen LogP contribution in [0.15, 0.2) is 167 Å². The average molecular weight is 1380 g/mol. The molecule has 496 valence electrons. The molecule has 2 aliphatic heterocycles. The van der Waals surface area contributed by atoms with Crippen molar-refractivity contribution >= 4 is 110 Å². The molecule has 0 saturated carbocycles. The summed E-state index contributed by atoms with van der Waals surface area (Å²) in [6.07, 6.45) is 12.5. The minimum atomic E-state index is -0.577. The maximum absolute atomic E-state index is 13.0. The molecule has 1 amide bonds. The maximum atomic E-state index is 13.0. The molecule has 2 aromatic carbocycles. The average Bonchev–Trinajstić information content (AvgIpc) is 1.04. The minimum absolute atomic E-state index is 0.324. The molecule has 0 bridgehead atoms. The maximum Gasteiger partial charge on any atom is 0.253 e. The predicted octanol–water partition coefficient (Wildman–Crippen LogP) is 8.50. The molecular formula is C63H74Cl5N15O10. The molecule has 30 heteroatoms. The van der Waals surface area contributed by atoms with Crippen molar-refractivity contribution < 1.29 is 47.5 Å². The first-order valence-corrected chi connectivity index (χ1v) is 31.7. The lowest BCUT2D eigenvalue weighted by Gasteiger charge is -2.22. The van der Waals surface area contributed by atoms with Gasteiger partial charge in [-0.15, -0.1) is 46.4 Å². The van der Waals surface area contributed by atoms with Gasteiger partial charge in [0, 0.05) is 107 Å². The van der Waals surface area contributed by atoms with E-state index in [4.69, 9.17) is 95.9 Å². The standard InChI is InChI=1S/C31H36Cl2N8O5.C19H24N6O3.C13H14Cl3NO2/c1-40(28(42)11-17-45-24-7-5-23(6-8-24)41(15-12-32)16-13-33)27-4-3-14-34-29(27)31-38-36-30(37-39-31)26-10-9-25(22-35-26)46-21-20-44-19-18-43-2;1-3-14-5-4-8-20-17(14)19-24-22-18(23-25-19)16-7-6-15(13-21-16)28-12-11-27-10-9-26-2;14-6-8-17(9-7-15)11-1-3-12(4-2-11)19-10-5-13(16)18/h3-11,14,17,22H,12-13,15-16,18-21H2,1-2H3,(H,36,37)(H,38,39);4-8,13H,3,9-12H2,1-2H3,(H,22,23)(H,24,25);1-5,10H,6-9H2/b17-11+;;10-5+. The Morgan fingerprint density at radius 1 is 0.495 bits per heavy atom. The molecule has 6 heterocycles. The molecule has 0 unspecified atom stereocenters. The third-order valence-corrected chi connectivity index (χ3v) is 13.5. The second-order valence-electron chi connectivity index (χ2n) is 19.0. The SMILES string of the molecule is CCc1cccnc1C1=NNC(c2ccc(OCCOCCOC)cn2)=NN1.COCCOCCOc1ccc(C2=NNC(c3ncccc3N(C)C(=O)/C=C/Oc3ccc(N(CCCl)CCCl)cc3)=NN2)nc1.O=C(Cl)/C=C/Oc1ccc(N(CCCl)CCCl)cc1. The third kappa shape index (κ3) is 25.6. The molecule has 0 atom stereocenters. The quantitative estimate of drug-likeness (QED) is 0.00944. The van der Waals surface area contributed by atoms with Crippen LogP contribution in [0.4, 0.5) is 17.1 Å². The number of carbonyl (C=O) groups is 2. The highest BCUT2D eigenvalue weighted by molar-refractivity contribution is 6.66. The summed E-state index contributed by atoms with van der Waals surface area (Å²) in [7, 11) is 4.90. The van der Waals surface area contributed by atoms with Gasteiger partial charge >= 0.3 is 0 Å². The second-order valence-corrected chi connectivity index (χ2v) is 20.8. The van der Waals surface area contributed by atoms with Gasteiger partial charge in [-0.25, -0.2) is 9.97 Å². The largest absolute Gasteiger partial charge is 0.490 e. The number of hydrogen-bond acceptors (Lipinski definition) is 24. The summed E-state index contributed by atoms with van der Waals surface area (Å²) in [5, 5.41) is 16.8. The fourth-order valence-corrected chi connectivity index (χ4v) is 8.95. The molecule has 0 aliphatic carbocycles. The number of allylic oxidation sites excluding steroid dienone is 1. The Kier molecular flexibility index (Phi) is 33.8. The van der Waals surface area contributed by atoms with E-state index in [1.165, 1.54) is 23.5 Å². The fraction of sp³-hybridized carbons (Fsp3) is 0.333. The lowest BCUT2D eigenvalue weighted by molar-refractivity contribution is -0.114. The number of amidine groups is 4. The number of amides is 1. The number of carbonyl (C=O) groups excluding carboxylic acids is 2. The summed E-state index contributed by atoms with van der Waals surface area (Å²) >= 11 is 28.4. The summed E-state index contributed by atoms with van der Waals surface area (Å²) < 4.78 is 42.7. The van der Waals surface area contributed by atoms with Crippen molar-refractivity contribution in [2.75, 3.05) is 139 Å². The molecule has 6 aromatic rings. The van der Waals surface area contributed by atoms with E-state index in [1.54, 1.807) is 82.5 Å². The number of rotatable bonds is 36. The fourth-order valence-electron chi connectivity index (χ4n) is 8.09. The van der Waals surface area contributed by atoms with Crippen molar-refractivity contribution in [3.05, 3.63) is 175 Å². The number of likely N-dealkylation sites (N-methyl/N-ethyl adjacent to an activating group) is 1. The van der Waals surface area contributed by atoms with Gasteiger partial charge in [-0.3, -0.25) is 41.3 Å². The Morgan fingerprint density at radius 2 is 0.914 bits per heavy atom. The van der Waals surface area contributed by atoms with E-state index >= 15 is 0 Å². The van der Waals surface area contributed by atoms with Crippen LogP contribution < -0.4 is 55.4 Å². The van der Waals surface area contributed by atoms with Gasteiger partial charge in [0.2, 0.25) is 5.24 Å². The molecular weight excluding hydrogens is 1300 g/mol. The van der Waals surface area contributed by atoms with E-state index < -0.39 is 5.24 Å². The number of aromatic nitrogens is 4. The summed E-state index contributed by atoms with van der Waals surface area (Å²) in [5.74, 6) is 6.02. The zero-order chi connectivity index (χ0) is 66.3. The van der Waals surface area contributed by atoms with Crippen LogP contribution in [0, 0.1) is 0 Å².